The van der Waals surface area contributed by atoms with E-state index in [4.69, 9.17) is 4.74 Å². The highest BCUT2D eigenvalue weighted by atomic mass is 19.4. The third-order valence-corrected chi connectivity index (χ3v) is 2.78. The maximum atomic E-state index is 12.9. The van der Waals surface area contributed by atoms with Gasteiger partial charge < -0.3 is 10.1 Å². The van der Waals surface area contributed by atoms with E-state index in [1.165, 1.54) is 12.1 Å². The fourth-order valence-electron chi connectivity index (χ4n) is 1.84. The minimum atomic E-state index is -4.33. The van der Waals surface area contributed by atoms with Crippen molar-refractivity contribution >= 4 is 0 Å². The summed E-state index contributed by atoms with van der Waals surface area (Å²) in [7, 11) is 0. The van der Waals surface area contributed by atoms with Crippen molar-refractivity contribution < 1.29 is 17.9 Å². The van der Waals surface area contributed by atoms with E-state index in [9.17, 15) is 13.2 Å². The average Bonchev–Trinajstić information content (AvgIpc) is 2.36. The molecule has 0 amide bonds. The van der Waals surface area contributed by atoms with Gasteiger partial charge >= 0.3 is 6.18 Å². The molecule has 1 rings (SSSR count). The van der Waals surface area contributed by atoms with E-state index in [2.05, 4.69) is 11.9 Å². The second-order valence-corrected chi connectivity index (χ2v) is 4.77. The van der Waals surface area contributed by atoms with Gasteiger partial charge in [-0.05, 0) is 25.5 Å². The molecule has 0 fully saturated rings. The van der Waals surface area contributed by atoms with Crippen LogP contribution in [0.15, 0.2) is 36.4 Å². The quantitative estimate of drug-likeness (QED) is 0.605. The van der Waals surface area contributed by atoms with Gasteiger partial charge in [-0.3, -0.25) is 0 Å². The number of nitrogens with one attached hydrogen (secondary N) is 1. The maximum Gasteiger partial charge on any atom is 0.416 e. The van der Waals surface area contributed by atoms with Gasteiger partial charge in [0, 0.05) is 12.6 Å². The summed E-state index contributed by atoms with van der Waals surface area (Å²) in [6.45, 7) is 8.66. The molecule has 0 saturated heterocycles. The summed E-state index contributed by atoms with van der Waals surface area (Å²) in [6.07, 6.45) is -4.33. The van der Waals surface area contributed by atoms with Crippen molar-refractivity contribution in [2.75, 3.05) is 19.8 Å². The van der Waals surface area contributed by atoms with Crippen molar-refractivity contribution in [3.63, 3.8) is 0 Å². The summed E-state index contributed by atoms with van der Waals surface area (Å²) in [5.41, 5.74) is 0.572. The van der Waals surface area contributed by atoms with Crippen LogP contribution < -0.4 is 5.32 Å². The normalized spacial score (nSPS) is 13.2. The van der Waals surface area contributed by atoms with Crippen molar-refractivity contribution in [1.82, 2.24) is 5.32 Å². The van der Waals surface area contributed by atoms with Crippen LogP contribution in [0.25, 0.3) is 0 Å². The number of benzene rings is 1. The Morgan fingerprint density at radius 2 is 2.00 bits per heavy atom. The van der Waals surface area contributed by atoms with E-state index in [1.54, 1.807) is 13.0 Å². The Labute approximate surface area is 117 Å². The van der Waals surface area contributed by atoms with Gasteiger partial charge in [-0.1, -0.05) is 30.4 Å². The highest BCUT2D eigenvalue weighted by Crippen LogP contribution is 2.34. The smallest absolute Gasteiger partial charge is 0.376 e. The third-order valence-electron chi connectivity index (χ3n) is 2.78. The molecular formula is C15H20F3NO. The van der Waals surface area contributed by atoms with E-state index >= 15 is 0 Å². The van der Waals surface area contributed by atoms with Crippen LogP contribution in [-0.4, -0.2) is 19.8 Å². The fourth-order valence-corrected chi connectivity index (χ4v) is 1.84. The van der Waals surface area contributed by atoms with Crippen LogP contribution >= 0.6 is 0 Å². The molecule has 0 aliphatic heterocycles. The van der Waals surface area contributed by atoms with Crippen LogP contribution in [0.2, 0.25) is 0 Å². The van der Waals surface area contributed by atoms with E-state index < -0.39 is 11.7 Å². The number of halogens is 3. The van der Waals surface area contributed by atoms with Crippen molar-refractivity contribution in [2.24, 2.45) is 0 Å². The van der Waals surface area contributed by atoms with Crippen molar-refractivity contribution in [2.45, 2.75) is 26.1 Å². The van der Waals surface area contributed by atoms with Crippen LogP contribution in [0.3, 0.4) is 0 Å². The number of hydrogen-bond acceptors (Lipinski definition) is 2. The highest BCUT2D eigenvalue weighted by Gasteiger charge is 2.33. The molecule has 0 radical (unpaired) electrons. The molecule has 0 aliphatic carbocycles. The number of ether oxygens (including phenoxy) is 1. The second kappa shape index (κ2) is 7.45. The predicted octanol–water partition coefficient (Wildman–Crippen LogP) is 3.95. The SMILES string of the molecule is C=C(C)COCCNC(C)c1ccccc1C(F)(F)F. The molecule has 0 heterocycles. The summed E-state index contributed by atoms with van der Waals surface area (Å²) in [4.78, 5) is 0. The molecule has 0 aromatic heterocycles. The summed E-state index contributed by atoms with van der Waals surface area (Å²) in [5.74, 6) is 0. The van der Waals surface area contributed by atoms with Gasteiger partial charge in [-0.15, -0.1) is 0 Å². The van der Waals surface area contributed by atoms with Crippen molar-refractivity contribution in [3.8, 4) is 0 Å². The van der Waals surface area contributed by atoms with Crippen LogP contribution in [0.5, 0.6) is 0 Å². The summed E-state index contributed by atoms with van der Waals surface area (Å²) in [5, 5.41) is 3.03. The van der Waals surface area contributed by atoms with Gasteiger partial charge in [0.15, 0.2) is 0 Å². The monoisotopic (exact) mass is 287 g/mol. The first-order valence-corrected chi connectivity index (χ1v) is 6.44. The third kappa shape index (κ3) is 5.35. The number of rotatable bonds is 7. The summed E-state index contributed by atoms with van der Waals surface area (Å²) < 4.78 is 43.9. The molecule has 5 heteroatoms. The van der Waals surface area contributed by atoms with E-state index in [-0.39, 0.29) is 11.6 Å². The molecule has 0 bridgehead atoms. The Bertz CT molecular complexity index is 443. The molecule has 1 aromatic rings. The molecular weight excluding hydrogens is 267 g/mol. The molecule has 2 nitrogen and oxygen atoms in total. The Kier molecular flexibility index (Phi) is 6.23. The number of hydrogen-bond donors (Lipinski definition) is 1. The van der Waals surface area contributed by atoms with Crippen molar-refractivity contribution in [3.05, 3.63) is 47.5 Å². The Morgan fingerprint density at radius 3 is 2.60 bits per heavy atom. The minimum absolute atomic E-state index is 0.250. The molecule has 1 N–H and O–H groups in total. The predicted molar refractivity (Wildman–Crippen MR) is 73.5 cm³/mol. The molecule has 1 unspecified atom stereocenters. The largest absolute Gasteiger partial charge is 0.416 e. The molecule has 20 heavy (non-hydrogen) atoms. The van der Waals surface area contributed by atoms with Gasteiger partial charge in [-0.25, -0.2) is 0 Å². The zero-order valence-corrected chi connectivity index (χ0v) is 11.8. The van der Waals surface area contributed by atoms with Gasteiger partial charge in [0.25, 0.3) is 0 Å². The zero-order chi connectivity index (χ0) is 15.2. The lowest BCUT2D eigenvalue weighted by Gasteiger charge is -2.19. The van der Waals surface area contributed by atoms with E-state index in [1.807, 2.05) is 6.92 Å². The van der Waals surface area contributed by atoms with Gasteiger partial charge in [-0.2, -0.15) is 13.2 Å². The first-order chi connectivity index (χ1) is 9.32. The molecule has 0 saturated carbocycles. The van der Waals surface area contributed by atoms with Crippen LogP contribution in [0.4, 0.5) is 13.2 Å². The summed E-state index contributed by atoms with van der Waals surface area (Å²) >= 11 is 0. The van der Waals surface area contributed by atoms with E-state index in [0.717, 1.165) is 11.6 Å². The molecule has 112 valence electrons. The van der Waals surface area contributed by atoms with Gasteiger partial charge in [0.2, 0.25) is 0 Å². The van der Waals surface area contributed by atoms with Crippen LogP contribution in [0.1, 0.15) is 31.0 Å². The Balaban J connectivity index is 2.55. The lowest BCUT2D eigenvalue weighted by atomic mass is 10.0. The maximum absolute atomic E-state index is 12.9. The minimum Gasteiger partial charge on any atom is -0.376 e. The van der Waals surface area contributed by atoms with Crippen molar-refractivity contribution in [1.29, 1.82) is 0 Å². The molecule has 0 aliphatic rings. The fraction of sp³-hybridized carbons (Fsp3) is 0.467. The Morgan fingerprint density at radius 1 is 1.35 bits per heavy atom. The lowest BCUT2D eigenvalue weighted by Crippen LogP contribution is -2.25. The van der Waals surface area contributed by atoms with E-state index in [0.29, 0.717) is 19.8 Å². The molecule has 0 spiro atoms. The zero-order valence-electron chi connectivity index (χ0n) is 11.8. The average molecular weight is 287 g/mol. The topological polar surface area (TPSA) is 21.3 Å². The van der Waals surface area contributed by atoms with Gasteiger partial charge in [0.05, 0.1) is 18.8 Å². The lowest BCUT2D eigenvalue weighted by molar-refractivity contribution is -0.138. The van der Waals surface area contributed by atoms with Crippen LogP contribution in [0, 0.1) is 0 Å². The van der Waals surface area contributed by atoms with Crippen LogP contribution in [-0.2, 0) is 10.9 Å². The molecule has 1 atom stereocenters. The summed E-state index contributed by atoms with van der Waals surface area (Å²) in [6, 6.07) is 5.22. The first kappa shape index (κ1) is 16.7. The highest BCUT2D eigenvalue weighted by molar-refractivity contribution is 5.31. The first-order valence-electron chi connectivity index (χ1n) is 6.44. The standard InChI is InChI=1S/C15H20F3NO/c1-11(2)10-20-9-8-19-12(3)13-6-4-5-7-14(13)15(16,17)18/h4-7,12,19H,1,8-10H2,2-3H3. The Hall–Kier alpha value is -1.33. The molecule has 1 aromatic carbocycles. The second-order valence-electron chi connectivity index (χ2n) is 4.77. The van der Waals surface area contributed by atoms with Gasteiger partial charge in [0.1, 0.15) is 0 Å². The number of alkyl halides is 3.